The van der Waals surface area contributed by atoms with Crippen LogP contribution >= 0.6 is 0 Å². The van der Waals surface area contributed by atoms with Crippen LogP contribution in [0.25, 0.3) is 22.3 Å². The molecule has 0 spiro atoms. The van der Waals surface area contributed by atoms with Gasteiger partial charge in [-0.3, -0.25) is 15.1 Å². The Morgan fingerprint density at radius 1 is 1.05 bits per heavy atom. The molecule has 2 aromatic carbocycles. The number of aromatic nitrogens is 6. The van der Waals surface area contributed by atoms with Crippen molar-refractivity contribution in [2.75, 3.05) is 13.2 Å². The van der Waals surface area contributed by atoms with E-state index >= 15 is 0 Å². The van der Waals surface area contributed by atoms with Gasteiger partial charge in [0.15, 0.2) is 5.82 Å². The zero-order valence-corrected chi connectivity index (χ0v) is 20.8. The maximum absolute atomic E-state index is 14.3. The van der Waals surface area contributed by atoms with Crippen molar-refractivity contribution in [2.45, 2.75) is 30.8 Å². The molecule has 8 nitrogen and oxygen atoms in total. The Kier molecular flexibility index (Phi) is 5.41. The molecule has 2 aliphatic heterocycles. The summed E-state index contributed by atoms with van der Waals surface area (Å²) in [6.07, 6.45) is 6.30. The van der Waals surface area contributed by atoms with Crippen LogP contribution in [0.15, 0.2) is 54.9 Å². The average molecular weight is 516 g/mol. The largest absolute Gasteiger partial charge is 0.381 e. The molecule has 10 heteroatoms. The highest BCUT2D eigenvalue weighted by molar-refractivity contribution is 5.86. The SMILES string of the molecule is Cn1cc(C2(C3CCOCC3)N[C@@H](c3nc(-c4ccc(F)cc4)n[nH]3)Cc3c2[nH]c2cc(F)ccc32)cn1. The molecule has 7 rings (SSSR count). The second-order valence-corrected chi connectivity index (χ2v) is 10.2. The molecule has 0 bridgehead atoms. The summed E-state index contributed by atoms with van der Waals surface area (Å²) in [6.45, 7) is 1.33. The fraction of sp³-hybridized carbons (Fsp3) is 0.321. The molecule has 1 saturated heterocycles. The van der Waals surface area contributed by atoms with Crippen LogP contribution in [0.1, 0.15) is 41.5 Å². The van der Waals surface area contributed by atoms with Gasteiger partial charge in [0.1, 0.15) is 17.5 Å². The summed E-state index contributed by atoms with van der Waals surface area (Å²) in [6, 6.07) is 10.9. The number of rotatable bonds is 4. The van der Waals surface area contributed by atoms with Crippen molar-refractivity contribution < 1.29 is 13.5 Å². The second-order valence-electron chi connectivity index (χ2n) is 10.2. The number of nitrogens with one attached hydrogen (secondary N) is 3. The van der Waals surface area contributed by atoms with Gasteiger partial charge in [0.05, 0.1) is 17.8 Å². The van der Waals surface area contributed by atoms with E-state index < -0.39 is 5.54 Å². The number of benzene rings is 2. The summed E-state index contributed by atoms with van der Waals surface area (Å²) in [7, 11) is 1.91. The van der Waals surface area contributed by atoms with Crippen molar-refractivity contribution in [3.63, 3.8) is 0 Å². The molecule has 0 saturated carbocycles. The van der Waals surface area contributed by atoms with Crippen LogP contribution in [0.2, 0.25) is 0 Å². The van der Waals surface area contributed by atoms with Gasteiger partial charge in [-0.2, -0.15) is 10.2 Å². The van der Waals surface area contributed by atoms with E-state index in [1.54, 1.807) is 18.2 Å². The monoisotopic (exact) mass is 515 g/mol. The third-order valence-electron chi connectivity index (χ3n) is 8.00. The lowest BCUT2D eigenvalue weighted by molar-refractivity contribution is 0.0302. The number of nitrogens with zero attached hydrogens (tertiary/aromatic N) is 4. The first-order valence-corrected chi connectivity index (χ1v) is 12.8. The summed E-state index contributed by atoms with van der Waals surface area (Å²) in [4.78, 5) is 8.43. The Morgan fingerprint density at radius 3 is 2.61 bits per heavy atom. The molecule has 5 aromatic rings. The lowest BCUT2D eigenvalue weighted by Crippen LogP contribution is -2.55. The number of fused-ring (bicyclic) bond motifs is 3. The fourth-order valence-corrected chi connectivity index (χ4v) is 6.24. The minimum absolute atomic E-state index is 0.194. The minimum atomic E-state index is -0.630. The Morgan fingerprint density at radius 2 is 1.84 bits per heavy atom. The van der Waals surface area contributed by atoms with E-state index in [0.29, 0.717) is 31.3 Å². The molecule has 1 fully saturated rings. The quantitative estimate of drug-likeness (QED) is 0.327. The van der Waals surface area contributed by atoms with Gasteiger partial charge in [-0.05, 0) is 73.2 Å². The van der Waals surface area contributed by atoms with Gasteiger partial charge in [0.2, 0.25) is 0 Å². The molecule has 3 aromatic heterocycles. The van der Waals surface area contributed by atoms with Gasteiger partial charge >= 0.3 is 0 Å². The van der Waals surface area contributed by atoms with Crippen LogP contribution in [0.5, 0.6) is 0 Å². The van der Waals surface area contributed by atoms with Gasteiger partial charge in [0, 0.05) is 54.2 Å². The van der Waals surface area contributed by atoms with E-state index in [1.807, 2.05) is 30.2 Å². The second kappa shape index (κ2) is 8.85. The first kappa shape index (κ1) is 23.2. The number of H-pyrrole nitrogens is 2. The first-order valence-electron chi connectivity index (χ1n) is 12.8. The Labute approximate surface area is 217 Å². The van der Waals surface area contributed by atoms with Crippen LogP contribution < -0.4 is 5.32 Å². The van der Waals surface area contributed by atoms with Crippen molar-refractivity contribution in [1.29, 1.82) is 0 Å². The van der Waals surface area contributed by atoms with Crippen LogP contribution in [0, 0.1) is 17.6 Å². The zero-order chi connectivity index (χ0) is 25.9. The standard InChI is InChI=1S/C28H27F2N7O/c1-37-15-18(14-31-37)28(17-8-10-38-11-9-17)25-22(21-7-6-20(30)12-23(21)32-25)13-24(34-28)27-33-26(35-36-27)16-2-4-19(29)5-3-16/h2-7,12,14-15,17,24,32,34H,8-11,13H2,1H3,(H,33,35,36)/t24-,28?/m1/s1. The van der Waals surface area contributed by atoms with Crippen LogP contribution in [-0.2, 0) is 23.7 Å². The third kappa shape index (κ3) is 3.66. The zero-order valence-electron chi connectivity index (χ0n) is 20.8. The average Bonchev–Trinajstić information content (AvgIpc) is 3.68. The third-order valence-corrected chi connectivity index (χ3v) is 8.00. The van der Waals surface area contributed by atoms with Gasteiger partial charge in [0.25, 0.3) is 0 Å². The van der Waals surface area contributed by atoms with E-state index in [1.165, 1.54) is 18.2 Å². The molecule has 2 atom stereocenters. The van der Waals surface area contributed by atoms with Crippen molar-refractivity contribution in [3.8, 4) is 11.4 Å². The van der Waals surface area contributed by atoms with Crippen LogP contribution in [-0.4, -0.2) is 43.2 Å². The maximum Gasteiger partial charge on any atom is 0.181 e. The Hall–Kier alpha value is -3.89. The van der Waals surface area contributed by atoms with Gasteiger partial charge in [-0.25, -0.2) is 13.8 Å². The highest BCUT2D eigenvalue weighted by atomic mass is 19.1. The Balaban J connectivity index is 1.41. The molecule has 2 aliphatic rings. The van der Waals surface area contributed by atoms with Gasteiger partial charge in [-0.15, -0.1) is 0 Å². The number of aryl methyl sites for hydroxylation is 1. The molecule has 0 radical (unpaired) electrons. The molecule has 3 N–H and O–H groups in total. The van der Waals surface area contributed by atoms with E-state index in [2.05, 4.69) is 25.6 Å². The predicted octanol–water partition coefficient (Wildman–Crippen LogP) is 4.52. The van der Waals surface area contributed by atoms with Gasteiger partial charge < -0.3 is 9.72 Å². The van der Waals surface area contributed by atoms with E-state index in [-0.39, 0.29) is 23.6 Å². The first-order chi connectivity index (χ1) is 18.5. The normalized spacial score (nSPS) is 22.1. The van der Waals surface area contributed by atoms with E-state index in [4.69, 9.17) is 9.72 Å². The molecule has 1 unspecified atom stereocenters. The summed E-state index contributed by atoms with van der Waals surface area (Å²) < 4.78 is 35.3. The summed E-state index contributed by atoms with van der Waals surface area (Å²) in [5.74, 6) is 0.801. The maximum atomic E-state index is 14.3. The molecule has 0 amide bonds. The molecule has 0 aliphatic carbocycles. The van der Waals surface area contributed by atoms with E-state index in [9.17, 15) is 8.78 Å². The number of ether oxygens (including phenoxy) is 1. The number of aromatic amines is 2. The fourth-order valence-electron chi connectivity index (χ4n) is 6.24. The molecule has 5 heterocycles. The minimum Gasteiger partial charge on any atom is -0.381 e. The van der Waals surface area contributed by atoms with Crippen LogP contribution in [0.4, 0.5) is 8.78 Å². The lowest BCUT2D eigenvalue weighted by atomic mass is 9.69. The predicted molar refractivity (Wildman–Crippen MR) is 137 cm³/mol. The highest BCUT2D eigenvalue weighted by Gasteiger charge is 2.50. The molecular weight excluding hydrogens is 488 g/mol. The summed E-state index contributed by atoms with van der Waals surface area (Å²) in [5.41, 5.74) is 4.06. The van der Waals surface area contributed by atoms with Gasteiger partial charge in [-0.1, -0.05) is 0 Å². The van der Waals surface area contributed by atoms with Crippen molar-refractivity contribution in [2.24, 2.45) is 13.0 Å². The van der Waals surface area contributed by atoms with Crippen molar-refractivity contribution in [1.82, 2.24) is 35.3 Å². The lowest BCUT2D eigenvalue weighted by Gasteiger charge is -2.47. The van der Waals surface area contributed by atoms with Crippen molar-refractivity contribution in [3.05, 3.63) is 89.1 Å². The summed E-state index contributed by atoms with van der Waals surface area (Å²) >= 11 is 0. The van der Waals surface area contributed by atoms with Crippen LogP contribution in [0.3, 0.4) is 0 Å². The van der Waals surface area contributed by atoms with Crippen molar-refractivity contribution >= 4 is 10.9 Å². The topological polar surface area (TPSA) is 96.4 Å². The smallest absolute Gasteiger partial charge is 0.181 e. The molecule has 194 valence electrons. The number of hydrogen-bond donors (Lipinski definition) is 3. The van der Waals surface area contributed by atoms with E-state index in [0.717, 1.165) is 46.1 Å². The number of hydrogen-bond acceptors (Lipinski definition) is 5. The number of halogens is 2. The molecule has 38 heavy (non-hydrogen) atoms. The highest BCUT2D eigenvalue weighted by Crippen LogP contribution is 2.49. The summed E-state index contributed by atoms with van der Waals surface area (Å²) in [5, 5.41) is 17.1. The molecular formula is C28H27F2N7O. The Bertz CT molecular complexity index is 1620.